The summed E-state index contributed by atoms with van der Waals surface area (Å²) in [4.78, 5) is 8.74. The average Bonchev–Trinajstić information content (AvgIpc) is 2.55. The highest BCUT2D eigenvalue weighted by molar-refractivity contribution is 14.0. The van der Waals surface area contributed by atoms with E-state index in [4.69, 9.17) is 23.2 Å². The van der Waals surface area contributed by atoms with E-state index in [1.165, 1.54) is 5.56 Å². The molecule has 0 radical (unpaired) electrons. The second-order valence-corrected chi connectivity index (χ2v) is 6.25. The molecule has 1 aromatic carbocycles. The molecular formula is C18H23Cl2IN4. The summed E-state index contributed by atoms with van der Waals surface area (Å²) in [5.74, 6) is 0.764. The van der Waals surface area contributed by atoms with Crippen LogP contribution in [0.3, 0.4) is 0 Å². The van der Waals surface area contributed by atoms with Gasteiger partial charge in [0.25, 0.3) is 0 Å². The van der Waals surface area contributed by atoms with Crippen molar-refractivity contribution < 1.29 is 0 Å². The molecule has 7 heteroatoms. The molecule has 1 unspecified atom stereocenters. The number of rotatable bonds is 6. The van der Waals surface area contributed by atoms with Gasteiger partial charge in [-0.25, -0.2) is 0 Å². The molecule has 2 N–H and O–H groups in total. The largest absolute Gasteiger partial charge is 0.357 e. The maximum Gasteiger partial charge on any atom is 0.191 e. The minimum Gasteiger partial charge on any atom is -0.357 e. The molecular weight excluding hydrogens is 470 g/mol. The van der Waals surface area contributed by atoms with E-state index in [0.717, 1.165) is 24.5 Å². The van der Waals surface area contributed by atoms with E-state index < -0.39 is 0 Å². The summed E-state index contributed by atoms with van der Waals surface area (Å²) < 4.78 is 0. The van der Waals surface area contributed by atoms with Crippen molar-refractivity contribution in [2.75, 3.05) is 13.1 Å². The van der Waals surface area contributed by atoms with Gasteiger partial charge in [0.15, 0.2) is 5.96 Å². The highest BCUT2D eigenvalue weighted by Crippen LogP contribution is 2.25. The van der Waals surface area contributed by atoms with E-state index in [1.807, 2.05) is 38.2 Å². The number of benzene rings is 1. The second kappa shape index (κ2) is 11.5. The Morgan fingerprint density at radius 2 is 2.08 bits per heavy atom. The number of guanidine groups is 1. The minimum atomic E-state index is 0. The second-order valence-electron chi connectivity index (χ2n) is 5.40. The quantitative estimate of drug-likeness (QED) is 0.343. The number of aromatic nitrogens is 1. The van der Waals surface area contributed by atoms with Gasteiger partial charge in [0.1, 0.15) is 0 Å². The van der Waals surface area contributed by atoms with Crippen molar-refractivity contribution in [2.45, 2.75) is 26.3 Å². The standard InChI is InChI=1S/C18H22Cl2N4.HI/c1-3-22-18(23-10-8-14-5-4-9-21-12-14)24-13(2)16-7-6-15(19)11-17(16)20;/h4-7,9,11-13H,3,8,10H2,1-2H3,(H2,22,23,24);1H. The predicted octanol–water partition coefficient (Wildman–Crippen LogP) is 4.87. The number of aliphatic imine (C=N–C) groups is 1. The van der Waals surface area contributed by atoms with E-state index in [2.05, 4.69) is 26.7 Å². The van der Waals surface area contributed by atoms with Crippen molar-refractivity contribution in [3.8, 4) is 0 Å². The fraction of sp³-hybridized carbons (Fsp3) is 0.333. The Balaban J connectivity index is 0.00000312. The molecule has 136 valence electrons. The average molecular weight is 493 g/mol. The van der Waals surface area contributed by atoms with Gasteiger partial charge in [-0.05, 0) is 49.6 Å². The molecule has 1 aromatic heterocycles. The van der Waals surface area contributed by atoms with Gasteiger partial charge in [0.2, 0.25) is 0 Å². The van der Waals surface area contributed by atoms with Gasteiger partial charge in [-0.1, -0.05) is 35.3 Å². The number of pyridine rings is 1. The van der Waals surface area contributed by atoms with Gasteiger partial charge in [-0.2, -0.15) is 0 Å². The summed E-state index contributed by atoms with van der Waals surface area (Å²) in [7, 11) is 0. The van der Waals surface area contributed by atoms with Gasteiger partial charge < -0.3 is 10.6 Å². The summed E-state index contributed by atoms with van der Waals surface area (Å²) in [6.45, 7) is 5.56. The smallest absolute Gasteiger partial charge is 0.191 e. The van der Waals surface area contributed by atoms with Crippen molar-refractivity contribution in [3.05, 3.63) is 63.9 Å². The SMILES string of the molecule is CCNC(=NCCc1cccnc1)NC(C)c1ccc(Cl)cc1Cl.I. The molecule has 0 aliphatic rings. The summed E-state index contributed by atoms with van der Waals surface area (Å²) in [6.07, 6.45) is 4.49. The molecule has 2 rings (SSSR count). The maximum absolute atomic E-state index is 6.28. The van der Waals surface area contributed by atoms with Gasteiger partial charge >= 0.3 is 0 Å². The number of hydrogen-bond donors (Lipinski definition) is 2. The zero-order valence-electron chi connectivity index (χ0n) is 14.3. The van der Waals surface area contributed by atoms with Crippen LogP contribution in [0.1, 0.15) is 31.0 Å². The first-order chi connectivity index (χ1) is 11.6. The topological polar surface area (TPSA) is 49.3 Å². The van der Waals surface area contributed by atoms with E-state index in [1.54, 1.807) is 12.3 Å². The molecule has 0 saturated heterocycles. The van der Waals surface area contributed by atoms with E-state index >= 15 is 0 Å². The van der Waals surface area contributed by atoms with E-state index in [0.29, 0.717) is 16.6 Å². The van der Waals surface area contributed by atoms with Crippen LogP contribution in [0.4, 0.5) is 0 Å². The van der Waals surface area contributed by atoms with Crippen molar-refractivity contribution in [3.63, 3.8) is 0 Å². The lowest BCUT2D eigenvalue weighted by molar-refractivity contribution is 0.686. The van der Waals surface area contributed by atoms with Crippen molar-refractivity contribution in [1.29, 1.82) is 0 Å². The van der Waals surface area contributed by atoms with Gasteiger partial charge in [-0.15, -0.1) is 24.0 Å². The van der Waals surface area contributed by atoms with Crippen LogP contribution in [-0.2, 0) is 6.42 Å². The lowest BCUT2D eigenvalue weighted by Gasteiger charge is -2.19. The van der Waals surface area contributed by atoms with Crippen molar-refractivity contribution in [1.82, 2.24) is 15.6 Å². The fourth-order valence-electron chi connectivity index (χ4n) is 2.30. The summed E-state index contributed by atoms with van der Waals surface area (Å²) in [6, 6.07) is 9.54. The van der Waals surface area contributed by atoms with Gasteiger partial charge in [-0.3, -0.25) is 9.98 Å². The number of nitrogens with one attached hydrogen (secondary N) is 2. The molecule has 1 atom stereocenters. The molecule has 0 aliphatic carbocycles. The highest BCUT2D eigenvalue weighted by atomic mass is 127. The van der Waals surface area contributed by atoms with Crippen LogP contribution in [0.2, 0.25) is 10.0 Å². The number of hydrogen-bond acceptors (Lipinski definition) is 2. The van der Waals surface area contributed by atoms with E-state index in [-0.39, 0.29) is 30.0 Å². The minimum absolute atomic E-state index is 0. The van der Waals surface area contributed by atoms with E-state index in [9.17, 15) is 0 Å². The Hall–Kier alpha value is -1.05. The lowest BCUT2D eigenvalue weighted by atomic mass is 10.1. The Kier molecular flexibility index (Phi) is 10.2. The van der Waals surface area contributed by atoms with Crippen molar-refractivity contribution >= 4 is 53.1 Å². The molecule has 0 amide bonds. The first-order valence-electron chi connectivity index (χ1n) is 7.99. The molecule has 4 nitrogen and oxygen atoms in total. The number of halogens is 3. The normalized spacial score (nSPS) is 12.2. The summed E-state index contributed by atoms with van der Waals surface area (Å²) >= 11 is 12.2. The lowest BCUT2D eigenvalue weighted by Crippen LogP contribution is -2.39. The maximum atomic E-state index is 6.28. The Labute approximate surface area is 176 Å². The Bertz CT molecular complexity index is 680. The van der Waals surface area contributed by atoms with Gasteiger partial charge in [0.05, 0.1) is 6.04 Å². The van der Waals surface area contributed by atoms with Crippen LogP contribution in [0.15, 0.2) is 47.7 Å². The Morgan fingerprint density at radius 3 is 2.72 bits per heavy atom. The summed E-state index contributed by atoms with van der Waals surface area (Å²) in [5.41, 5.74) is 2.16. The van der Waals surface area contributed by atoms with Crippen LogP contribution in [0.25, 0.3) is 0 Å². The third-order valence-corrected chi connectivity index (χ3v) is 4.08. The van der Waals surface area contributed by atoms with Crippen LogP contribution >= 0.6 is 47.2 Å². The third-order valence-electron chi connectivity index (χ3n) is 3.52. The zero-order valence-corrected chi connectivity index (χ0v) is 18.1. The van der Waals surface area contributed by atoms with Crippen molar-refractivity contribution in [2.24, 2.45) is 4.99 Å². The van der Waals surface area contributed by atoms with Crippen LogP contribution < -0.4 is 10.6 Å². The molecule has 0 bridgehead atoms. The molecule has 0 aliphatic heterocycles. The van der Waals surface area contributed by atoms with Crippen LogP contribution in [-0.4, -0.2) is 24.0 Å². The molecule has 0 spiro atoms. The molecule has 2 aromatic rings. The third kappa shape index (κ3) is 7.38. The van der Waals surface area contributed by atoms with Crippen LogP contribution in [0.5, 0.6) is 0 Å². The molecule has 1 heterocycles. The number of nitrogens with zero attached hydrogens (tertiary/aromatic N) is 2. The molecule has 0 saturated carbocycles. The first kappa shape index (κ1) is 22.0. The van der Waals surface area contributed by atoms with Crippen LogP contribution in [0, 0.1) is 0 Å². The predicted molar refractivity (Wildman–Crippen MR) is 117 cm³/mol. The van der Waals surface area contributed by atoms with Gasteiger partial charge in [0, 0.05) is 35.5 Å². The summed E-state index contributed by atoms with van der Waals surface area (Å²) in [5, 5.41) is 7.91. The Morgan fingerprint density at radius 1 is 1.28 bits per heavy atom. The molecule has 25 heavy (non-hydrogen) atoms. The monoisotopic (exact) mass is 492 g/mol. The zero-order chi connectivity index (χ0) is 17.4. The fourth-order valence-corrected chi connectivity index (χ4v) is 2.87. The molecule has 0 fully saturated rings. The first-order valence-corrected chi connectivity index (χ1v) is 8.74. The highest BCUT2D eigenvalue weighted by Gasteiger charge is 2.11.